The number of nitrogens with zero attached hydrogens (tertiary/aromatic N) is 3. The highest BCUT2D eigenvalue weighted by atomic mass is 35.5. The minimum atomic E-state index is -4.72. The summed E-state index contributed by atoms with van der Waals surface area (Å²) >= 11 is 7.25. The monoisotopic (exact) mass is 345 g/mol. The van der Waals surface area contributed by atoms with Crippen LogP contribution in [0.25, 0.3) is 21.6 Å². The first-order valence-corrected chi connectivity index (χ1v) is 7.18. The molecule has 4 nitrogen and oxygen atoms in total. The third-order valence-corrected chi connectivity index (χ3v) is 3.73. The zero-order valence-electron chi connectivity index (χ0n) is 11.0. The number of hydrogen-bond donors (Lipinski definition) is 0. The molecule has 0 bridgehead atoms. The summed E-state index contributed by atoms with van der Waals surface area (Å²) in [5, 5.41) is 0.853. The molecule has 3 aromatic rings. The van der Waals surface area contributed by atoms with Crippen LogP contribution in [0.4, 0.5) is 13.2 Å². The van der Waals surface area contributed by atoms with E-state index in [2.05, 4.69) is 19.7 Å². The van der Waals surface area contributed by atoms with Crippen molar-refractivity contribution in [2.75, 3.05) is 0 Å². The molecule has 0 N–H and O–H groups in total. The van der Waals surface area contributed by atoms with Gasteiger partial charge in [-0.3, -0.25) is 0 Å². The van der Waals surface area contributed by atoms with E-state index >= 15 is 0 Å². The second-order valence-corrected chi connectivity index (χ2v) is 5.82. The zero-order chi connectivity index (χ0) is 15.9. The van der Waals surface area contributed by atoms with Crippen molar-refractivity contribution in [2.24, 2.45) is 0 Å². The average molecular weight is 346 g/mol. The van der Waals surface area contributed by atoms with Gasteiger partial charge in [0.1, 0.15) is 21.8 Å². The van der Waals surface area contributed by atoms with Gasteiger partial charge in [-0.2, -0.15) is 0 Å². The minimum absolute atomic E-state index is 0.0572. The maximum Gasteiger partial charge on any atom is 0.573 e. The third-order valence-electron chi connectivity index (χ3n) is 2.70. The average Bonchev–Trinajstić information content (AvgIpc) is 2.77. The Kier molecular flexibility index (Phi) is 3.65. The molecule has 0 saturated carbocycles. The van der Waals surface area contributed by atoms with Crippen molar-refractivity contribution in [3.8, 4) is 17.0 Å². The number of ether oxygens (including phenoxy) is 1. The van der Waals surface area contributed by atoms with Crippen LogP contribution >= 0.6 is 22.9 Å². The molecule has 0 fully saturated rings. The minimum Gasteiger partial charge on any atom is -0.406 e. The number of thiazole rings is 1. The van der Waals surface area contributed by atoms with E-state index in [-0.39, 0.29) is 11.0 Å². The van der Waals surface area contributed by atoms with Gasteiger partial charge in [-0.25, -0.2) is 15.0 Å². The topological polar surface area (TPSA) is 47.9 Å². The molecule has 9 heteroatoms. The van der Waals surface area contributed by atoms with Crippen LogP contribution in [0.1, 0.15) is 5.01 Å². The van der Waals surface area contributed by atoms with E-state index in [0.717, 1.165) is 5.01 Å². The highest BCUT2D eigenvalue weighted by molar-refractivity contribution is 7.18. The summed E-state index contributed by atoms with van der Waals surface area (Å²) in [6, 6.07) is 5.36. The number of aryl methyl sites for hydroxylation is 1. The van der Waals surface area contributed by atoms with Crippen molar-refractivity contribution in [1.82, 2.24) is 15.0 Å². The van der Waals surface area contributed by atoms with Crippen LogP contribution in [0.15, 0.2) is 24.3 Å². The lowest BCUT2D eigenvalue weighted by molar-refractivity contribution is -0.274. The number of fused-ring (bicyclic) bond motifs is 1. The second-order valence-electron chi connectivity index (χ2n) is 4.30. The van der Waals surface area contributed by atoms with Gasteiger partial charge in [0.05, 0.1) is 5.01 Å². The van der Waals surface area contributed by atoms with Gasteiger partial charge in [-0.1, -0.05) is 11.3 Å². The first-order valence-electron chi connectivity index (χ1n) is 5.99. The molecule has 0 atom stereocenters. The molecule has 0 unspecified atom stereocenters. The van der Waals surface area contributed by atoms with Crippen molar-refractivity contribution in [3.63, 3.8) is 0 Å². The summed E-state index contributed by atoms with van der Waals surface area (Å²) in [6.45, 7) is 1.82. The quantitative estimate of drug-likeness (QED) is 0.636. The maximum absolute atomic E-state index is 12.2. The third kappa shape index (κ3) is 3.12. The number of aromatic nitrogens is 3. The molecule has 0 spiro atoms. The predicted octanol–water partition coefficient (Wildman–Crippen LogP) is 4.61. The molecular weight excluding hydrogens is 339 g/mol. The van der Waals surface area contributed by atoms with Crippen LogP contribution in [0.3, 0.4) is 0 Å². The fourth-order valence-corrected chi connectivity index (χ4v) is 2.92. The van der Waals surface area contributed by atoms with E-state index in [0.29, 0.717) is 21.6 Å². The van der Waals surface area contributed by atoms with Crippen LogP contribution in [0.2, 0.25) is 5.28 Å². The van der Waals surface area contributed by atoms with Gasteiger partial charge < -0.3 is 4.74 Å². The molecule has 0 aliphatic carbocycles. The first kappa shape index (κ1) is 15.0. The summed E-state index contributed by atoms with van der Waals surface area (Å²) < 4.78 is 40.3. The summed E-state index contributed by atoms with van der Waals surface area (Å²) in [5.41, 5.74) is 1.61. The lowest BCUT2D eigenvalue weighted by Crippen LogP contribution is -2.16. The van der Waals surface area contributed by atoms with Crippen LogP contribution < -0.4 is 4.74 Å². The number of halogens is 4. The molecule has 0 amide bonds. The van der Waals surface area contributed by atoms with E-state index < -0.39 is 6.36 Å². The second kappa shape index (κ2) is 5.36. The van der Waals surface area contributed by atoms with Crippen molar-refractivity contribution < 1.29 is 17.9 Å². The molecule has 0 aliphatic heterocycles. The lowest BCUT2D eigenvalue weighted by atomic mass is 10.1. The van der Waals surface area contributed by atoms with Gasteiger partial charge in [0.2, 0.25) is 5.28 Å². The van der Waals surface area contributed by atoms with Crippen molar-refractivity contribution in [2.45, 2.75) is 13.3 Å². The number of benzene rings is 1. The number of rotatable bonds is 2. The Labute approximate surface area is 131 Å². The number of alkyl halides is 3. The van der Waals surface area contributed by atoms with Gasteiger partial charge in [0.25, 0.3) is 0 Å². The normalized spacial score (nSPS) is 11.9. The zero-order valence-corrected chi connectivity index (χ0v) is 12.6. The fraction of sp³-hybridized carbons (Fsp3) is 0.154. The smallest absolute Gasteiger partial charge is 0.406 e. The first-order chi connectivity index (χ1) is 10.3. The van der Waals surface area contributed by atoms with E-state index in [1.807, 2.05) is 6.92 Å². The fourth-order valence-electron chi connectivity index (χ4n) is 1.92. The van der Waals surface area contributed by atoms with Crippen molar-refractivity contribution in [3.05, 3.63) is 34.6 Å². The Balaban J connectivity index is 2.04. The van der Waals surface area contributed by atoms with E-state index in [1.54, 1.807) is 0 Å². The SMILES string of the molecule is Cc1nc2c(-c3ccc(OC(F)(F)F)cc3)nc(Cl)nc2s1. The molecule has 0 saturated heterocycles. The van der Waals surface area contributed by atoms with E-state index in [1.165, 1.54) is 35.6 Å². The predicted molar refractivity (Wildman–Crippen MR) is 77.1 cm³/mol. The van der Waals surface area contributed by atoms with Crippen LogP contribution in [0.5, 0.6) is 5.75 Å². The molecule has 0 radical (unpaired) electrons. The Morgan fingerprint density at radius 3 is 2.41 bits per heavy atom. The summed E-state index contributed by atoms with van der Waals surface area (Å²) in [4.78, 5) is 13.2. The van der Waals surface area contributed by atoms with Gasteiger partial charge in [-0.15, -0.1) is 13.2 Å². The Morgan fingerprint density at radius 2 is 1.77 bits per heavy atom. The van der Waals surface area contributed by atoms with Crippen LogP contribution in [-0.4, -0.2) is 21.3 Å². The lowest BCUT2D eigenvalue weighted by Gasteiger charge is -2.09. The molecule has 0 aliphatic rings. The molecule has 2 heterocycles. The van der Waals surface area contributed by atoms with Crippen molar-refractivity contribution in [1.29, 1.82) is 0 Å². The van der Waals surface area contributed by atoms with Gasteiger partial charge in [0, 0.05) is 5.56 Å². The highest BCUT2D eigenvalue weighted by Crippen LogP contribution is 2.31. The molecule has 1 aromatic carbocycles. The molecule has 2 aromatic heterocycles. The molecule has 22 heavy (non-hydrogen) atoms. The summed E-state index contributed by atoms with van der Waals surface area (Å²) in [5.74, 6) is -0.304. The highest BCUT2D eigenvalue weighted by Gasteiger charge is 2.31. The van der Waals surface area contributed by atoms with E-state index in [9.17, 15) is 13.2 Å². The summed E-state index contributed by atoms with van der Waals surface area (Å²) in [6.07, 6.45) is -4.72. The Bertz CT molecular complexity index is 833. The Hall–Kier alpha value is -1.93. The maximum atomic E-state index is 12.2. The number of hydrogen-bond acceptors (Lipinski definition) is 5. The molecular formula is C13H7ClF3N3OS. The van der Waals surface area contributed by atoms with Crippen LogP contribution in [0, 0.1) is 6.92 Å². The largest absolute Gasteiger partial charge is 0.573 e. The van der Waals surface area contributed by atoms with E-state index in [4.69, 9.17) is 11.6 Å². The van der Waals surface area contributed by atoms with Crippen LogP contribution in [-0.2, 0) is 0 Å². The molecule has 3 rings (SSSR count). The summed E-state index contributed by atoms with van der Waals surface area (Å²) in [7, 11) is 0. The van der Waals surface area contributed by atoms with Gasteiger partial charge >= 0.3 is 6.36 Å². The van der Waals surface area contributed by atoms with Gasteiger partial charge in [-0.05, 0) is 42.8 Å². The molecule has 114 valence electrons. The van der Waals surface area contributed by atoms with Gasteiger partial charge in [0.15, 0.2) is 0 Å². The van der Waals surface area contributed by atoms with Crippen molar-refractivity contribution >= 4 is 33.3 Å². The Morgan fingerprint density at radius 1 is 1.09 bits per heavy atom. The standard InChI is InChI=1S/C13H7ClF3N3OS/c1-6-18-10-9(19-12(14)20-11(10)22-6)7-2-4-8(5-3-7)21-13(15,16)17/h2-5H,1H3.